The molecule has 2 rings (SSSR count). The smallest absolute Gasteiger partial charge is 0.0441 e. The van der Waals surface area contributed by atoms with Crippen LogP contribution < -0.4 is 5.32 Å². The van der Waals surface area contributed by atoms with E-state index >= 15 is 0 Å². The molecule has 0 saturated carbocycles. The zero-order valence-corrected chi connectivity index (χ0v) is 11.4. The van der Waals surface area contributed by atoms with Gasteiger partial charge in [0.2, 0.25) is 0 Å². The monoisotopic (exact) mass is 244 g/mol. The zero-order valence-electron chi connectivity index (χ0n) is 10.6. The second kappa shape index (κ2) is 5.15. The summed E-state index contributed by atoms with van der Waals surface area (Å²) in [4.78, 5) is 2.56. The molecule has 2 heterocycles. The van der Waals surface area contributed by atoms with Crippen LogP contribution in [-0.2, 0) is 10.8 Å². The van der Waals surface area contributed by atoms with E-state index in [1.807, 2.05) is 0 Å². The average Bonchev–Trinajstić information content (AvgIpc) is 2.51. The zero-order chi connectivity index (χ0) is 11.7. The van der Waals surface area contributed by atoms with Crippen LogP contribution in [0.1, 0.15) is 32.6 Å². The van der Waals surface area contributed by atoms with Crippen LogP contribution in [-0.4, -0.2) is 52.3 Å². The minimum Gasteiger partial charge on any atom is -0.313 e. The van der Waals surface area contributed by atoms with E-state index in [0.29, 0.717) is 6.04 Å². The van der Waals surface area contributed by atoms with Crippen molar-refractivity contribution in [2.45, 2.75) is 56.0 Å². The van der Waals surface area contributed by atoms with Crippen molar-refractivity contribution in [3.8, 4) is 0 Å². The fraction of sp³-hybridized carbons (Fsp3) is 1.00. The molecule has 0 amide bonds. The summed E-state index contributed by atoms with van der Waals surface area (Å²) in [7, 11) is 1.57. The molecule has 0 radical (unpaired) electrons. The van der Waals surface area contributed by atoms with Gasteiger partial charge in [-0.3, -0.25) is 4.21 Å². The molecule has 2 saturated heterocycles. The predicted octanol–water partition coefficient (Wildman–Crippen LogP) is 0.968. The normalized spacial score (nSPS) is 38.6. The van der Waals surface area contributed by atoms with Crippen molar-refractivity contribution >= 4 is 10.8 Å². The second-order valence-corrected chi connectivity index (χ2v) is 7.24. The average molecular weight is 244 g/mol. The first kappa shape index (κ1) is 12.5. The molecule has 4 unspecified atom stereocenters. The lowest BCUT2D eigenvalue weighted by molar-refractivity contribution is 0.149. The van der Waals surface area contributed by atoms with Gasteiger partial charge in [-0.25, -0.2) is 0 Å². The third kappa shape index (κ3) is 2.66. The van der Waals surface area contributed by atoms with Crippen molar-refractivity contribution in [1.82, 2.24) is 10.2 Å². The Morgan fingerprint density at radius 3 is 2.44 bits per heavy atom. The maximum atomic E-state index is 11.3. The molecule has 2 fully saturated rings. The molecule has 1 N–H and O–H groups in total. The lowest BCUT2D eigenvalue weighted by Crippen LogP contribution is -2.48. The molecule has 0 aliphatic carbocycles. The Morgan fingerprint density at radius 1 is 1.38 bits per heavy atom. The van der Waals surface area contributed by atoms with E-state index in [1.54, 1.807) is 6.26 Å². The number of piperidine rings is 1. The van der Waals surface area contributed by atoms with E-state index in [1.165, 1.54) is 25.7 Å². The summed E-state index contributed by atoms with van der Waals surface area (Å²) in [5.74, 6) is 0. The van der Waals surface area contributed by atoms with Gasteiger partial charge in [0.05, 0.1) is 0 Å². The first-order valence-corrected chi connectivity index (χ1v) is 7.97. The van der Waals surface area contributed by atoms with Crippen LogP contribution in [0.25, 0.3) is 0 Å². The largest absolute Gasteiger partial charge is 0.313 e. The maximum Gasteiger partial charge on any atom is 0.0441 e. The summed E-state index contributed by atoms with van der Waals surface area (Å²) in [5.41, 5.74) is 0. The van der Waals surface area contributed by atoms with Crippen LogP contribution in [0.2, 0.25) is 0 Å². The highest BCUT2D eigenvalue weighted by molar-refractivity contribution is 7.84. The Labute approximate surface area is 101 Å². The van der Waals surface area contributed by atoms with E-state index in [-0.39, 0.29) is 5.25 Å². The molecular weight excluding hydrogens is 220 g/mol. The Kier molecular flexibility index (Phi) is 4.03. The van der Waals surface area contributed by atoms with Crippen molar-refractivity contribution in [2.24, 2.45) is 0 Å². The Bertz CT molecular complexity index is 258. The molecule has 94 valence electrons. The van der Waals surface area contributed by atoms with Gasteiger partial charge in [-0.1, -0.05) is 0 Å². The second-order valence-electron chi connectivity index (χ2n) is 5.44. The van der Waals surface area contributed by atoms with Crippen LogP contribution in [0.3, 0.4) is 0 Å². The summed E-state index contributed by atoms with van der Waals surface area (Å²) >= 11 is 0. The molecule has 4 atom stereocenters. The maximum absolute atomic E-state index is 11.3. The summed E-state index contributed by atoms with van der Waals surface area (Å²) < 4.78 is 11.3. The van der Waals surface area contributed by atoms with Crippen LogP contribution >= 0.6 is 0 Å². The first-order valence-electron chi connectivity index (χ1n) is 6.35. The third-order valence-corrected chi connectivity index (χ3v) is 5.66. The van der Waals surface area contributed by atoms with Crippen LogP contribution in [0, 0.1) is 0 Å². The topological polar surface area (TPSA) is 32.3 Å². The van der Waals surface area contributed by atoms with Gasteiger partial charge >= 0.3 is 0 Å². The fourth-order valence-corrected chi connectivity index (χ4v) is 3.36. The van der Waals surface area contributed by atoms with Crippen molar-refractivity contribution in [3.05, 3.63) is 0 Å². The first-order chi connectivity index (χ1) is 7.58. The van der Waals surface area contributed by atoms with E-state index < -0.39 is 10.8 Å². The molecule has 16 heavy (non-hydrogen) atoms. The van der Waals surface area contributed by atoms with Gasteiger partial charge in [0.1, 0.15) is 0 Å². The van der Waals surface area contributed by atoms with Gasteiger partial charge in [-0.2, -0.15) is 0 Å². The van der Waals surface area contributed by atoms with Gasteiger partial charge in [0.15, 0.2) is 0 Å². The Balaban J connectivity index is 1.78. The minimum absolute atomic E-state index is 0.275. The van der Waals surface area contributed by atoms with E-state index in [4.69, 9.17) is 0 Å². The Morgan fingerprint density at radius 2 is 1.94 bits per heavy atom. The molecular formula is C12H24N2OS. The number of hydrogen-bond donors (Lipinski definition) is 1. The van der Waals surface area contributed by atoms with E-state index in [2.05, 4.69) is 24.2 Å². The number of hydrogen-bond acceptors (Lipinski definition) is 3. The molecule has 2 aliphatic rings. The molecule has 0 spiro atoms. The predicted molar refractivity (Wildman–Crippen MR) is 69.1 cm³/mol. The highest BCUT2D eigenvalue weighted by Crippen LogP contribution is 2.34. The van der Waals surface area contributed by atoms with E-state index in [9.17, 15) is 4.21 Å². The summed E-state index contributed by atoms with van der Waals surface area (Å²) in [6, 6.07) is 2.23. The number of nitrogens with zero attached hydrogens (tertiary/aromatic N) is 1. The van der Waals surface area contributed by atoms with Gasteiger partial charge in [-0.05, 0) is 39.7 Å². The van der Waals surface area contributed by atoms with Gasteiger partial charge in [0, 0.05) is 47.0 Å². The summed E-state index contributed by atoms with van der Waals surface area (Å²) in [6.45, 7) is 2.96. The minimum atomic E-state index is -0.696. The number of nitrogens with one attached hydrogen (secondary N) is 1. The highest BCUT2D eigenvalue weighted by atomic mass is 32.2. The van der Waals surface area contributed by atoms with Crippen molar-refractivity contribution in [2.75, 3.05) is 19.8 Å². The molecule has 0 aromatic rings. The van der Waals surface area contributed by atoms with E-state index in [0.717, 1.165) is 18.6 Å². The van der Waals surface area contributed by atoms with Gasteiger partial charge in [-0.15, -0.1) is 0 Å². The fourth-order valence-electron chi connectivity index (χ4n) is 3.03. The van der Waals surface area contributed by atoms with Crippen molar-refractivity contribution < 1.29 is 4.21 Å². The molecule has 0 aromatic heterocycles. The van der Waals surface area contributed by atoms with Crippen LogP contribution in [0.5, 0.6) is 0 Å². The van der Waals surface area contributed by atoms with Gasteiger partial charge in [0.25, 0.3) is 0 Å². The molecule has 2 aliphatic heterocycles. The molecule has 2 bridgehead atoms. The van der Waals surface area contributed by atoms with Gasteiger partial charge < -0.3 is 10.2 Å². The molecule has 3 nitrogen and oxygen atoms in total. The Hall–Kier alpha value is 0.0700. The summed E-state index contributed by atoms with van der Waals surface area (Å²) in [6.07, 6.45) is 7.08. The van der Waals surface area contributed by atoms with Crippen LogP contribution in [0.15, 0.2) is 0 Å². The quantitative estimate of drug-likeness (QED) is 0.800. The van der Waals surface area contributed by atoms with Crippen molar-refractivity contribution in [3.63, 3.8) is 0 Å². The molecule has 4 heteroatoms. The summed E-state index contributed by atoms with van der Waals surface area (Å²) in [5, 5.41) is 3.88. The molecule has 0 aromatic carbocycles. The SMILES string of the molecule is CC(CNC1CC2CCC(C1)N2C)S(C)=O. The standard InChI is InChI=1S/C12H24N2OS/c1-9(16(3)15)8-13-10-6-11-4-5-12(7-10)14(11)2/h9-13H,4-8H2,1-3H3. The lowest BCUT2D eigenvalue weighted by Gasteiger charge is -2.37. The number of rotatable bonds is 4. The van der Waals surface area contributed by atoms with Crippen LogP contribution in [0.4, 0.5) is 0 Å². The van der Waals surface area contributed by atoms with Crippen molar-refractivity contribution in [1.29, 1.82) is 0 Å². The third-order valence-electron chi connectivity index (χ3n) is 4.36. The lowest BCUT2D eigenvalue weighted by atomic mass is 9.98. The highest BCUT2D eigenvalue weighted by Gasteiger charge is 2.38. The number of fused-ring (bicyclic) bond motifs is 2.